The fourth-order valence-electron chi connectivity index (χ4n) is 2.11. The molecule has 0 saturated heterocycles. The normalized spacial score (nSPS) is 11.2. The molecule has 4 nitrogen and oxygen atoms in total. The first-order chi connectivity index (χ1) is 10.8. The third-order valence-corrected chi connectivity index (χ3v) is 3.48. The number of aromatic nitrogens is 3. The number of hydrogen-bond acceptors (Lipinski definition) is 3. The maximum atomic E-state index is 9.45. The van der Waals surface area contributed by atoms with Crippen LogP contribution in [0.4, 0.5) is 0 Å². The van der Waals surface area contributed by atoms with Crippen molar-refractivity contribution < 1.29 is 5.11 Å². The van der Waals surface area contributed by atoms with Crippen LogP contribution in [0.2, 0.25) is 5.02 Å². The Morgan fingerprint density at radius 3 is 2.41 bits per heavy atom. The van der Waals surface area contributed by atoms with Crippen molar-refractivity contribution in [2.45, 2.75) is 6.61 Å². The Hall–Kier alpha value is -2.43. The minimum atomic E-state index is -0.160. The highest BCUT2D eigenvalue weighted by Gasteiger charge is 2.10. The Kier molecular flexibility index (Phi) is 4.32. The van der Waals surface area contributed by atoms with Crippen LogP contribution < -0.4 is 0 Å². The van der Waals surface area contributed by atoms with Crippen molar-refractivity contribution >= 4 is 23.8 Å². The molecule has 1 N–H and O–H groups in total. The van der Waals surface area contributed by atoms with Gasteiger partial charge in [0, 0.05) is 5.02 Å². The Bertz CT molecular complexity index is 779. The first-order valence-electron chi connectivity index (χ1n) is 6.82. The molecule has 0 amide bonds. The third-order valence-electron chi connectivity index (χ3n) is 3.23. The first-order valence-corrected chi connectivity index (χ1v) is 7.20. The van der Waals surface area contributed by atoms with Crippen molar-refractivity contribution in [3.05, 3.63) is 76.6 Å². The lowest BCUT2D eigenvalue weighted by Crippen LogP contribution is -1.99. The van der Waals surface area contributed by atoms with Gasteiger partial charge in [0.05, 0.1) is 18.0 Å². The van der Waals surface area contributed by atoms with E-state index in [-0.39, 0.29) is 6.61 Å². The van der Waals surface area contributed by atoms with Crippen LogP contribution in [0.3, 0.4) is 0 Å². The molecule has 1 aromatic heterocycles. The molecule has 3 rings (SSSR count). The number of para-hydroxylation sites is 1. The molecule has 22 heavy (non-hydrogen) atoms. The molecule has 0 spiro atoms. The van der Waals surface area contributed by atoms with E-state index in [2.05, 4.69) is 10.3 Å². The van der Waals surface area contributed by atoms with Gasteiger partial charge in [0.25, 0.3) is 0 Å². The number of nitrogens with zero attached hydrogens (tertiary/aromatic N) is 3. The number of aliphatic hydroxyl groups is 1. The predicted molar refractivity (Wildman–Crippen MR) is 87.7 cm³/mol. The van der Waals surface area contributed by atoms with Crippen LogP contribution in [0.25, 0.3) is 17.8 Å². The van der Waals surface area contributed by atoms with Crippen molar-refractivity contribution in [1.29, 1.82) is 0 Å². The summed E-state index contributed by atoms with van der Waals surface area (Å²) < 4.78 is 1.71. The van der Waals surface area contributed by atoms with Crippen molar-refractivity contribution in [2.24, 2.45) is 0 Å². The summed E-state index contributed by atoms with van der Waals surface area (Å²) in [6.07, 6.45) is 3.83. The lowest BCUT2D eigenvalue weighted by atomic mass is 10.2. The summed E-state index contributed by atoms with van der Waals surface area (Å²) in [4.78, 5) is 0. The second kappa shape index (κ2) is 6.56. The van der Waals surface area contributed by atoms with Crippen molar-refractivity contribution in [2.75, 3.05) is 0 Å². The summed E-state index contributed by atoms with van der Waals surface area (Å²) in [6, 6.07) is 17.2. The Labute approximate surface area is 133 Å². The van der Waals surface area contributed by atoms with Gasteiger partial charge < -0.3 is 5.11 Å². The average molecular weight is 312 g/mol. The third kappa shape index (κ3) is 3.08. The topological polar surface area (TPSA) is 50.9 Å². The molecule has 3 aromatic rings. The van der Waals surface area contributed by atoms with Crippen molar-refractivity contribution in [3.8, 4) is 5.69 Å². The zero-order valence-electron chi connectivity index (χ0n) is 11.7. The molecule has 0 saturated carbocycles. The fraction of sp³-hybridized carbons (Fsp3) is 0.0588. The van der Waals surface area contributed by atoms with Gasteiger partial charge in [0.15, 0.2) is 0 Å². The van der Waals surface area contributed by atoms with Gasteiger partial charge in [-0.05, 0) is 35.9 Å². The smallest absolute Gasteiger partial charge is 0.116 e. The van der Waals surface area contributed by atoms with Crippen LogP contribution in [0.15, 0.2) is 54.6 Å². The van der Waals surface area contributed by atoms with Gasteiger partial charge in [-0.25, -0.2) is 4.68 Å². The van der Waals surface area contributed by atoms with Crippen LogP contribution >= 0.6 is 11.6 Å². The van der Waals surface area contributed by atoms with E-state index in [1.165, 1.54) is 0 Å². The highest BCUT2D eigenvalue weighted by Crippen LogP contribution is 2.17. The van der Waals surface area contributed by atoms with Gasteiger partial charge in [-0.1, -0.05) is 53.2 Å². The molecule has 0 atom stereocenters. The lowest BCUT2D eigenvalue weighted by molar-refractivity contribution is 0.276. The van der Waals surface area contributed by atoms with E-state index in [1.54, 1.807) is 4.68 Å². The minimum Gasteiger partial charge on any atom is -0.390 e. The Morgan fingerprint density at radius 2 is 1.73 bits per heavy atom. The molecule has 0 aliphatic carbocycles. The van der Waals surface area contributed by atoms with E-state index in [0.717, 1.165) is 16.9 Å². The van der Waals surface area contributed by atoms with Crippen LogP contribution in [-0.4, -0.2) is 20.1 Å². The molecule has 1 heterocycles. The van der Waals surface area contributed by atoms with E-state index in [4.69, 9.17) is 11.6 Å². The summed E-state index contributed by atoms with van der Waals surface area (Å²) in [6.45, 7) is -0.160. The van der Waals surface area contributed by atoms with Gasteiger partial charge in [0.1, 0.15) is 5.69 Å². The van der Waals surface area contributed by atoms with Gasteiger partial charge in [-0.2, -0.15) is 0 Å². The molecule has 0 aliphatic heterocycles. The summed E-state index contributed by atoms with van der Waals surface area (Å²) in [5, 5.41) is 18.3. The quantitative estimate of drug-likeness (QED) is 0.801. The molecule has 0 radical (unpaired) electrons. The van der Waals surface area contributed by atoms with Crippen LogP contribution in [-0.2, 0) is 6.61 Å². The second-order valence-corrected chi connectivity index (χ2v) is 5.15. The van der Waals surface area contributed by atoms with Gasteiger partial charge in [0.2, 0.25) is 0 Å². The molecule has 2 aromatic carbocycles. The minimum absolute atomic E-state index is 0.160. The van der Waals surface area contributed by atoms with Gasteiger partial charge >= 0.3 is 0 Å². The van der Waals surface area contributed by atoms with Crippen molar-refractivity contribution in [3.63, 3.8) is 0 Å². The van der Waals surface area contributed by atoms with E-state index in [9.17, 15) is 5.11 Å². The monoisotopic (exact) mass is 311 g/mol. The molecular formula is C17H14ClN3O. The summed E-state index contributed by atoms with van der Waals surface area (Å²) in [7, 11) is 0. The first kappa shape index (κ1) is 14.5. The van der Waals surface area contributed by atoms with Gasteiger partial charge in [-0.3, -0.25) is 0 Å². The highest BCUT2D eigenvalue weighted by atomic mass is 35.5. The molecular weight excluding hydrogens is 298 g/mol. The van der Waals surface area contributed by atoms with Crippen LogP contribution in [0.1, 0.15) is 17.0 Å². The van der Waals surface area contributed by atoms with E-state index in [1.807, 2.05) is 66.7 Å². The van der Waals surface area contributed by atoms with Crippen LogP contribution in [0.5, 0.6) is 0 Å². The summed E-state index contributed by atoms with van der Waals surface area (Å²) >= 11 is 5.88. The van der Waals surface area contributed by atoms with Gasteiger partial charge in [-0.15, -0.1) is 5.10 Å². The highest BCUT2D eigenvalue weighted by molar-refractivity contribution is 6.30. The number of benzene rings is 2. The maximum Gasteiger partial charge on any atom is 0.116 e. The Morgan fingerprint density at radius 1 is 1.00 bits per heavy atom. The Balaban J connectivity index is 1.98. The molecule has 0 bridgehead atoms. The fourth-order valence-corrected chi connectivity index (χ4v) is 2.23. The zero-order valence-corrected chi connectivity index (χ0v) is 12.5. The molecule has 0 aliphatic rings. The zero-order chi connectivity index (χ0) is 15.4. The molecule has 110 valence electrons. The molecule has 0 fully saturated rings. The van der Waals surface area contributed by atoms with Crippen molar-refractivity contribution in [1.82, 2.24) is 15.0 Å². The number of aliphatic hydroxyl groups excluding tert-OH is 1. The maximum absolute atomic E-state index is 9.45. The summed E-state index contributed by atoms with van der Waals surface area (Å²) in [5.41, 5.74) is 3.19. The number of rotatable bonds is 4. The van der Waals surface area contributed by atoms with E-state index in [0.29, 0.717) is 10.7 Å². The number of hydrogen-bond donors (Lipinski definition) is 1. The largest absolute Gasteiger partial charge is 0.390 e. The number of halogens is 1. The summed E-state index contributed by atoms with van der Waals surface area (Å²) in [5.74, 6) is 0. The van der Waals surface area contributed by atoms with E-state index < -0.39 is 0 Å². The molecule has 5 heteroatoms. The van der Waals surface area contributed by atoms with E-state index >= 15 is 0 Å². The standard InChI is InChI=1S/C17H14ClN3O/c18-14-9-6-13(7-10-14)8-11-17-16(12-22)19-20-21(17)15-4-2-1-3-5-15/h1-11,22H,12H2/b11-8+. The SMILES string of the molecule is OCc1nnn(-c2ccccc2)c1/C=C/c1ccc(Cl)cc1. The molecule has 0 unspecified atom stereocenters. The predicted octanol–water partition coefficient (Wildman–Crippen LogP) is 3.58. The second-order valence-electron chi connectivity index (χ2n) is 4.71. The van der Waals surface area contributed by atoms with Crippen LogP contribution in [0, 0.1) is 0 Å². The lowest BCUT2D eigenvalue weighted by Gasteiger charge is -2.03. The average Bonchev–Trinajstić information content (AvgIpc) is 2.98.